The number of halogens is 4. The predicted octanol–water partition coefficient (Wildman–Crippen LogP) is 7.36. The monoisotopic (exact) mass is 501 g/mol. The van der Waals surface area contributed by atoms with Gasteiger partial charge in [-0.05, 0) is 54.8 Å². The second-order valence-electron chi connectivity index (χ2n) is 7.71. The number of benzene rings is 2. The molecule has 3 nitrogen and oxygen atoms in total. The van der Waals surface area contributed by atoms with Gasteiger partial charge < -0.3 is 0 Å². The van der Waals surface area contributed by atoms with Crippen molar-refractivity contribution in [3.63, 3.8) is 0 Å². The summed E-state index contributed by atoms with van der Waals surface area (Å²) < 4.78 is 54.6. The maximum Gasteiger partial charge on any atom is 0.416 e. The molecule has 2 heterocycles. The normalized spacial score (nSPS) is 11.5. The molecule has 0 fully saturated rings. The van der Waals surface area contributed by atoms with Crippen molar-refractivity contribution in [3.8, 4) is 28.1 Å². The quantitative estimate of drug-likeness (QED) is 0.166. The maximum absolute atomic E-state index is 13.7. The lowest BCUT2D eigenvalue weighted by molar-refractivity contribution is -0.137. The van der Waals surface area contributed by atoms with Crippen LogP contribution in [0.3, 0.4) is 0 Å². The molecule has 0 spiro atoms. The first kappa shape index (κ1) is 24.0. The highest BCUT2D eigenvalue weighted by Crippen LogP contribution is 2.35. The number of rotatable bonds is 4. The van der Waals surface area contributed by atoms with Crippen molar-refractivity contribution >= 4 is 23.1 Å². The third kappa shape index (κ3) is 5.51. The number of hydrogen-bond donors (Lipinski definition) is 0. The van der Waals surface area contributed by atoms with Crippen LogP contribution in [0.2, 0.25) is 0 Å². The van der Waals surface area contributed by atoms with Gasteiger partial charge in [-0.15, -0.1) is 11.8 Å². The maximum atomic E-state index is 13.7. The van der Waals surface area contributed by atoms with Crippen LogP contribution < -0.4 is 0 Å². The summed E-state index contributed by atoms with van der Waals surface area (Å²) in [6, 6.07) is 11.0. The highest BCUT2D eigenvalue weighted by Gasteiger charge is 2.29. The molecule has 0 unspecified atom stereocenters. The van der Waals surface area contributed by atoms with Crippen molar-refractivity contribution in [2.24, 2.45) is 0 Å². The van der Waals surface area contributed by atoms with Crippen LogP contribution in [-0.2, 0) is 6.18 Å². The summed E-state index contributed by atoms with van der Waals surface area (Å²) in [7, 11) is 0. The van der Waals surface area contributed by atoms with Crippen LogP contribution >= 0.6 is 23.1 Å². The predicted molar refractivity (Wildman–Crippen MR) is 128 cm³/mol. The molecule has 0 aliphatic heterocycles. The largest absolute Gasteiger partial charge is 0.416 e. The Kier molecular flexibility index (Phi) is 6.82. The molecule has 2 aromatic heterocycles. The first-order chi connectivity index (χ1) is 16.1. The first-order valence-corrected chi connectivity index (χ1v) is 12.0. The zero-order chi connectivity index (χ0) is 24.5. The Morgan fingerprint density at radius 1 is 1.06 bits per heavy atom. The van der Waals surface area contributed by atoms with Crippen LogP contribution in [0.4, 0.5) is 17.6 Å². The minimum atomic E-state index is -4.39. The molecular weight excluding hydrogens is 482 g/mol. The fourth-order valence-corrected chi connectivity index (χ4v) is 5.45. The van der Waals surface area contributed by atoms with Crippen molar-refractivity contribution in [2.45, 2.75) is 36.4 Å². The molecule has 0 amide bonds. The van der Waals surface area contributed by atoms with E-state index in [-0.39, 0.29) is 11.1 Å². The van der Waals surface area contributed by atoms with Crippen molar-refractivity contribution in [1.29, 1.82) is 0 Å². The molecule has 34 heavy (non-hydrogen) atoms. The van der Waals surface area contributed by atoms with Gasteiger partial charge in [-0.3, -0.25) is 0 Å². The molecule has 0 saturated carbocycles. The first-order valence-electron chi connectivity index (χ1n) is 10.3. The molecule has 0 radical (unpaired) electrons. The smallest absolute Gasteiger partial charge is 0.213 e. The molecule has 4 aromatic rings. The highest BCUT2D eigenvalue weighted by atomic mass is 32.2. The zero-order valence-electron chi connectivity index (χ0n) is 18.4. The fourth-order valence-electron chi connectivity index (χ4n) is 3.14. The minimum absolute atomic E-state index is 0.280. The average molecular weight is 502 g/mol. The number of aromatic nitrogens is 3. The average Bonchev–Trinajstić information content (AvgIpc) is 3.35. The van der Waals surface area contributed by atoms with Crippen molar-refractivity contribution in [3.05, 3.63) is 83.1 Å². The summed E-state index contributed by atoms with van der Waals surface area (Å²) >= 11 is 3.03. The number of hydrogen-bond acceptors (Lipinski definition) is 4. The van der Waals surface area contributed by atoms with E-state index in [9.17, 15) is 17.6 Å². The van der Waals surface area contributed by atoms with E-state index in [1.54, 1.807) is 28.7 Å². The topological polar surface area (TPSA) is 30.7 Å². The Labute approximate surface area is 202 Å². The lowest BCUT2D eigenvalue weighted by Gasteiger charge is -2.05. The number of nitrogens with zero attached hydrogens (tertiary/aromatic N) is 3. The Bertz CT molecular complexity index is 1370. The number of thioether (sulfide) groups is 1. The Morgan fingerprint density at radius 2 is 1.79 bits per heavy atom. The Morgan fingerprint density at radius 3 is 2.44 bits per heavy atom. The second-order valence-corrected chi connectivity index (χ2v) is 10.5. The van der Waals surface area contributed by atoms with Gasteiger partial charge in [0.05, 0.1) is 15.5 Å². The van der Waals surface area contributed by atoms with Crippen LogP contribution in [-0.4, -0.2) is 20.0 Å². The molecule has 4 rings (SSSR count). The van der Waals surface area contributed by atoms with Crippen molar-refractivity contribution in [2.75, 3.05) is 0 Å². The van der Waals surface area contributed by atoms with Gasteiger partial charge in [0.2, 0.25) is 5.13 Å². The Balaban J connectivity index is 1.68. The number of thiazole rings is 1. The van der Waals surface area contributed by atoms with E-state index in [0.717, 1.165) is 33.2 Å². The molecule has 0 atom stereocenters. The van der Waals surface area contributed by atoms with E-state index in [0.29, 0.717) is 16.4 Å². The fraction of sp³-hybridized carbons (Fsp3) is 0.200. The SMILES string of the molecule is Cc1nn(-c2nc(C#Cc3ccc(C(F)(F)F)cc3)c(SC(C)C)s2)cc1-c1cccc(F)c1. The van der Waals surface area contributed by atoms with Gasteiger partial charge in [-0.2, -0.15) is 18.3 Å². The van der Waals surface area contributed by atoms with E-state index in [1.165, 1.54) is 35.6 Å². The molecule has 0 N–H and O–H groups in total. The van der Waals surface area contributed by atoms with Crippen molar-refractivity contribution < 1.29 is 17.6 Å². The summed E-state index contributed by atoms with van der Waals surface area (Å²) in [6.45, 7) is 5.95. The molecule has 9 heteroatoms. The lowest BCUT2D eigenvalue weighted by Crippen LogP contribution is -2.04. The summed E-state index contributed by atoms with van der Waals surface area (Å²) in [5, 5.41) is 5.43. The molecule has 2 aromatic carbocycles. The van der Waals surface area contributed by atoms with E-state index < -0.39 is 11.7 Å². The van der Waals surface area contributed by atoms with Gasteiger partial charge in [0.1, 0.15) is 11.5 Å². The van der Waals surface area contributed by atoms with Crippen LogP contribution in [0.5, 0.6) is 0 Å². The third-order valence-electron chi connectivity index (χ3n) is 4.70. The van der Waals surface area contributed by atoms with E-state index in [4.69, 9.17) is 0 Å². The van der Waals surface area contributed by atoms with E-state index in [1.807, 2.05) is 13.0 Å². The van der Waals surface area contributed by atoms with Crippen LogP contribution in [0.1, 0.15) is 36.4 Å². The standard InChI is InChI=1S/C25H19F4N3S2/c1-15(2)33-23-22(12-9-17-7-10-19(11-8-17)25(27,28)29)30-24(34-23)32-14-21(16(3)31-32)18-5-4-6-20(26)13-18/h4-8,10-11,13-15H,1-3H3. The van der Waals surface area contributed by atoms with Crippen molar-refractivity contribution in [1.82, 2.24) is 14.8 Å². The highest BCUT2D eigenvalue weighted by molar-refractivity contribution is 8.01. The molecular formula is C25H19F4N3S2. The molecule has 0 aliphatic carbocycles. The van der Waals surface area contributed by atoms with Gasteiger partial charge in [0, 0.05) is 22.6 Å². The zero-order valence-corrected chi connectivity index (χ0v) is 20.1. The minimum Gasteiger partial charge on any atom is -0.213 e. The van der Waals surface area contributed by atoms with Crippen LogP contribution in [0.25, 0.3) is 16.3 Å². The molecule has 174 valence electrons. The van der Waals surface area contributed by atoms with Crippen LogP contribution in [0, 0.1) is 24.6 Å². The second kappa shape index (κ2) is 9.65. The van der Waals surface area contributed by atoms with Gasteiger partial charge in [0.15, 0.2) is 0 Å². The lowest BCUT2D eigenvalue weighted by atomic mass is 10.1. The molecule has 0 aliphatic rings. The van der Waals surface area contributed by atoms with Crippen LogP contribution in [0.15, 0.2) is 58.9 Å². The summed E-state index contributed by atoms with van der Waals surface area (Å²) in [5.74, 6) is 5.59. The summed E-state index contributed by atoms with van der Waals surface area (Å²) in [6.07, 6.45) is -2.58. The van der Waals surface area contributed by atoms with Gasteiger partial charge in [-0.25, -0.2) is 14.1 Å². The van der Waals surface area contributed by atoms with Gasteiger partial charge >= 0.3 is 6.18 Å². The Hall–Kier alpha value is -3.09. The third-order valence-corrected chi connectivity index (χ3v) is 6.95. The van der Waals surface area contributed by atoms with E-state index >= 15 is 0 Å². The number of alkyl halides is 3. The van der Waals surface area contributed by atoms with E-state index in [2.05, 4.69) is 35.8 Å². The molecule has 0 saturated heterocycles. The van der Waals surface area contributed by atoms with Gasteiger partial charge in [0.25, 0.3) is 0 Å². The molecule has 0 bridgehead atoms. The summed E-state index contributed by atoms with van der Waals surface area (Å²) in [4.78, 5) is 4.64. The number of aryl methyl sites for hydroxylation is 1. The van der Waals surface area contributed by atoms with Gasteiger partial charge in [-0.1, -0.05) is 43.2 Å². The summed E-state index contributed by atoms with van der Waals surface area (Å²) in [5.41, 5.74) is 2.54.